The van der Waals surface area contributed by atoms with Gasteiger partial charge < -0.3 is 11.1 Å². The van der Waals surface area contributed by atoms with E-state index in [0.29, 0.717) is 12.5 Å². The summed E-state index contributed by atoms with van der Waals surface area (Å²) >= 11 is 1.52. The summed E-state index contributed by atoms with van der Waals surface area (Å²) in [6, 6.07) is -0.484. The first-order chi connectivity index (χ1) is 7.00. The molecule has 5 nitrogen and oxygen atoms in total. The SMILES string of the molecule is CC(N)C(=O)NCc1nnc(C(C)C)s1. The molecule has 0 aliphatic heterocycles. The summed E-state index contributed by atoms with van der Waals surface area (Å²) in [4.78, 5) is 11.2. The van der Waals surface area contributed by atoms with E-state index in [1.165, 1.54) is 11.3 Å². The molecule has 15 heavy (non-hydrogen) atoms. The summed E-state index contributed by atoms with van der Waals surface area (Å²) < 4.78 is 0. The number of amides is 1. The summed E-state index contributed by atoms with van der Waals surface area (Å²) in [7, 11) is 0. The third-order valence-electron chi connectivity index (χ3n) is 1.80. The first-order valence-electron chi connectivity index (χ1n) is 4.86. The van der Waals surface area contributed by atoms with Gasteiger partial charge in [0, 0.05) is 5.92 Å². The third kappa shape index (κ3) is 3.56. The molecule has 1 heterocycles. The zero-order valence-corrected chi connectivity index (χ0v) is 9.97. The lowest BCUT2D eigenvalue weighted by Gasteiger charge is -2.04. The zero-order valence-electron chi connectivity index (χ0n) is 9.15. The van der Waals surface area contributed by atoms with Crippen molar-refractivity contribution in [1.29, 1.82) is 0 Å². The smallest absolute Gasteiger partial charge is 0.236 e. The molecule has 3 N–H and O–H groups in total. The van der Waals surface area contributed by atoms with Crippen LogP contribution in [0.1, 0.15) is 36.7 Å². The van der Waals surface area contributed by atoms with E-state index < -0.39 is 6.04 Å². The summed E-state index contributed by atoms with van der Waals surface area (Å²) in [5.74, 6) is 0.205. The molecule has 1 atom stereocenters. The van der Waals surface area contributed by atoms with E-state index in [4.69, 9.17) is 5.73 Å². The van der Waals surface area contributed by atoms with Crippen LogP contribution in [0.25, 0.3) is 0 Å². The lowest BCUT2D eigenvalue weighted by atomic mass is 10.2. The maximum absolute atomic E-state index is 11.2. The molecule has 0 fully saturated rings. The summed E-state index contributed by atoms with van der Waals surface area (Å²) in [6.07, 6.45) is 0. The molecule has 1 aromatic rings. The second-order valence-electron chi connectivity index (χ2n) is 3.70. The van der Waals surface area contributed by atoms with Crippen molar-refractivity contribution in [2.45, 2.75) is 39.3 Å². The fourth-order valence-corrected chi connectivity index (χ4v) is 1.68. The Bertz CT molecular complexity index is 335. The highest BCUT2D eigenvalue weighted by Gasteiger charge is 2.10. The van der Waals surface area contributed by atoms with Crippen molar-refractivity contribution in [3.05, 3.63) is 10.0 Å². The summed E-state index contributed by atoms with van der Waals surface area (Å²) in [6.45, 7) is 6.18. The molecule has 0 aliphatic carbocycles. The zero-order chi connectivity index (χ0) is 11.4. The molecule has 6 heteroatoms. The second-order valence-corrected chi connectivity index (χ2v) is 4.79. The van der Waals surface area contributed by atoms with E-state index in [2.05, 4.69) is 29.4 Å². The largest absolute Gasteiger partial charge is 0.348 e. The number of nitrogens with zero attached hydrogens (tertiary/aromatic N) is 2. The Balaban J connectivity index is 2.48. The Morgan fingerprint density at radius 3 is 2.60 bits per heavy atom. The summed E-state index contributed by atoms with van der Waals surface area (Å²) in [5.41, 5.74) is 5.41. The van der Waals surface area contributed by atoms with Crippen LogP contribution in [0.15, 0.2) is 0 Å². The number of rotatable bonds is 4. The predicted octanol–water partition coefficient (Wildman–Crippen LogP) is 0.625. The van der Waals surface area contributed by atoms with Gasteiger partial charge in [0.15, 0.2) is 0 Å². The van der Waals surface area contributed by atoms with Gasteiger partial charge in [-0.25, -0.2) is 0 Å². The van der Waals surface area contributed by atoms with E-state index in [0.717, 1.165) is 10.0 Å². The Hall–Kier alpha value is -1.01. The third-order valence-corrected chi connectivity index (χ3v) is 3.03. The average molecular weight is 228 g/mol. The Kier molecular flexibility index (Phi) is 4.16. The monoisotopic (exact) mass is 228 g/mol. The van der Waals surface area contributed by atoms with Crippen LogP contribution >= 0.6 is 11.3 Å². The predicted molar refractivity (Wildman–Crippen MR) is 59.5 cm³/mol. The van der Waals surface area contributed by atoms with Gasteiger partial charge in [-0.15, -0.1) is 10.2 Å². The number of hydrogen-bond acceptors (Lipinski definition) is 5. The highest BCUT2D eigenvalue weighted by atomic mass is 32.1. The van der Waals surface area contributed by atoms with Crippen molar-refractivity contribution in [2.24, 2.45) is 5.73 Å². The van der Waals surface area contributed by atoms with Crippen LogP contribution in [0.2, 0.25) is 0 Å². The first-order valence-corrected chi connectivity index (χ1v) is 5.68. The standard InChI is InChI=1S/C9H16N4OS/c1-5(2)9-13-12-7(15-9)4-11-8(14)6(3)10/h5-6H,4,10H2,1-3H3,(H,11,14). The van der Waals surface area contributed by atoms with Crippen LogP contribution in [0.3, 0.4) is 0 Å². The quantitative estimate of drug-likeness (QED) is 0.791. The number of carbonyl (C=O) groups excluding carboxylic acids is 1. The molecule has 1 amide bonds. The Labute approximate surface area is 93.1 Å². The molecular formula is C9H16N4OS. The Morgan fingerprint density at radius 1 is 1.47 bits per heavy atom. The van der Waals surface area contributed by atoms with E-state index in [9.17, 15) is 4.79 Å². The van der Waals surface area contributed by atoms with Gasteiger partial charge in [0.25, 0.3) is 0 Å². The van der Waals surface area contributed by atoms with Gasteiger partial charge in [0.05, 0.1) is 12.6 Å². The molecule has 1 aromatic heterocycles. The van der Waals surface area contributed by atoms with Gasteiger partial charge in [-0.2, -0.15) is 0 Å². The fraction of sp³-hybridized carbons (Fsp3) is 0.667. The minimum atomic E-state index is -0.484. The minimum Gasteiger partial charge on any atom is -0.348 e. The van der Waals surface area contributed by atoms with Crippen molar-refractivity contribution in [2.75, 3.05) is 0 Å². The number of nitrogens with one attached hydrogen (secondary N) is 1. The lowest BCUT2D eigenvalue weighted by Crippen LogP contribution is -2.37. The molecule has 0 aromatic carbocycles. The molecule has 0 spiro atoms. The second kappa shape index (κ2) is 5.18. The highest BCUT2D eigenvalue weighted by molar-refractivity contribution is 7.11. The van der Waals surface area contributed by atoms with Crippen LogP contribution in [-0.2, 0) is 11.3 Å². The van der Waals surface area contributed by atoms with Crippen LogP contribution < -0.4 is 11.1 Å². The lowest BCUT2D eigenvalue weighted by molar-refractivity contribution is -0.122. The fourth-order valence-electron chi connectivity index (χ4n) is 0.895. The molecule has 0 saturated heterocycles. The van der Waals surface area contributed by atoms with Crippen molar-refractivity contribution in [3.8, 4) is 0 Å². The van der Waals surface area contributed by atoms with Crippen LogP contribution in [0, 0.1) is 0 Å². The van der Waals surface area contributed by atoms with E-state index in [1.54, 1.807) is 6.92 Å². The maximum atomic E-state index is 11.2. The van der Waals surface area contributed by atoms with Gasteiger partial charge >= 0.3 is 0 Å². The minimum absolute atomic E-state index is 0.170. The van der Waals surface area contributed by atoms with Gasteiger partial charge in [0.1, 0.15) is 10.0 Å². The first kappa shape index (κ1) is 12.1. The molecular weight excluding hydrogens is 212 g/mol. The topological polar surface area (TPSA) is 80.9 Å². The van der Waals surface area contributed by atoms with E-state index in [1.807, 2.05) is 0 Å². The normalized spacial score (nSPS) is 12.9. The molecule has 0 saturated carbocycles. The molecule has 0 aliphatic rings. The number of hydrogen-bond donors (Lipinski definition) is 2. The summed E-state index contributed by atoms with van der Waals surface area (Å²) in [5, 5.41) is 12.5. The van der Waals surface area contributed by atoms with Gasteiger partial charge in [-0.3, -0.25) is 4.79 Å². The van der Waals surface area contributed by atoms with E-state index in [-0.39, 0.29) is 5.91 Å². The number of nitrogens with two attached hydrogens (primary N) is 1. The molecule has 1 rings (SSSR count). The molecule has 0 bridgehead atoms. The molecule has 1 unspecified atom stereocenters. The van der Waals surface area contributed by atoms with Crippen molar-refractivity contribution >= 4 is 17.2 Å². The maximum Gasteiger partial charge on any atom is 0.236 e. The molecule has 0 radical (unpaired) electrons. The Morgan fingerprint density at radius 2 is 2.13 bits per heavy atom. The van der Waals surface area contributed by atoms with Crippen LogP contribution in [-0.4, -0.2) is 22.1 Å². The number of carbonyl (C=O) groups is 1. The van der Waals surface area contributed by atoms with Gasteiger partial charge in [-0.05, 0) is 6.92 Å². The van der Waals surface area contributed by atoms with Crippen molar-refractivity contribution in [1.82, 2.24) is 15.5 Å². The van der Waals surface area contributed by atoms with Crippen molar-refractivity contribution in [3.63, 3.8) is 0 Å². The highest BCUT2D eigenvalue weighted by Crippen LogP contribution is 2.18. The molecule has 84 valence electrons. The van der Waals surface area contributed by atoms with E-state index >= 15 is 0 Å². The average Bonchev–Trinajstić information content (AvgIpc) is 2.62. The number of aromatic nitrogens is 2. The van der Waals surface area contributed by atoms with Gasteiger partial charge in [-0.1, -0.05) is 25.2 Å². The van der Waals surface area contributed by atoms with Crippen molar-refractivity contribution < 1.29 is 4.79 Å². The van der Waals surface area contributed by atoms with Crippen LogP contribution in [0.5, 0.6) is 0 Å². The van der Waals surface area contributed by atoms with Gasteiger partial charge in [0.2, 0.25) is 5.91 Å². The van der Waals surface area contributed by atoms with Crippen LogP contribution in [0.4, 0.5) is 0 Å².